The molecule has 0 saturated carbocycles. The lowest BCUT2D eigenvalue weighted by molar-refractivity contribution is -0.127. The Labute approximate surface area is 134 Å². The van der Waals surface area contributed by atoms with Crippen LogP contribution < -0.4 is 10.1 Å². The van der Waals surface area contributed by atoms with Crippen molar-refractivity contribution in [1.82, 2.24) is 5.32 Å². The van der Waals surface area contributed by atoms with E-state index in [-0.39, 0.29) is 18.2 Å². The summed E-state index contributed by atoms with van der Waals surface area (Å²) in [6.07, 6.45) is -0.997. The molecule has 1 amide bonds. The van der Waals surface area contributed by atoms with Crippen LogP contribution in [0.3, 0.4) is 0 Å². The number of halogens is 1. The number of rotatable bonds is 7. The van der Waals surface area contributed by atoms with Crippen molar-refractivity contribution >= 4 is 5.91 Å². The van der Waals surface area contributed by atoms with Crippen LogP contribution >= 0.6 is 0 Å². The molecule has 4 nitrogen and oxygen atoms in total. The van der Waals surface area contributed by atoms with Gasteiger partial charge in [-0.3, -0.25) is 4.79 Å². The number of benzene rings is 2. The molecule has 2 atom stereocenters. The summed E-state index contributed by atoms with van der Waals surface area (Å²) in [6.45, 7) is 1.70. The average molecular weight is 317 g/mol. The van der Waals surface area contributed by atoms with E-state index in [1.165, 1.54) is 18.2 Å². The summed E-state index contributed by atoms with van der Waals surface area (Å²) in [7, 11) is 0. The summed E-state index contributed by atoms with van der Waals surface area (Å²) in [6, 6.07) is 15.2. The van der Waals surface area contributed by atoms with Crippen LogP contribution in [0.4, 0.5) is 4.39 Å². The molecule has 0 radical (unpaired) electrons. The van der Waals surface area contributed by atoms with Gasteiger partial charge in [-0.05, 0) is 24.6 Å². The van der Waals surface area contributed by atoms with Gasteiger partial charge in [0.25, 0.3) is 5.91 Å². The molecule has 122 valence electrons. The van der Waals surface area contributed by atoms with E-state index < -0.39 is 18.0 Å². The largest absolute Gasteiger partial charge is 0.481 e. The zero-order valence-electron chi connectivity index (χ0n) is 12.9. The van der Waals surface area contributed by atoms with Gasteiger partial charge in [0.15, 0.2) is 6.10 Å². The average Bonchev–Trinajstić information content (AvgIpc) is 2.53. The van der Waals surface area contributed by atoms with Crippen LogP contribution in [0.2, 0.25) is 0 Å². The first-order valence-electron chi connectivity index (χ1n) is 7.46. The van der Waals surface area contributed by atoms with E-state index in [9.17, 15) is 14.3 Å². The fourth-order valence-electron chi connectivity index (χ4n) is 2.12. The molecule has 23 heavy (non-hydrogen) atoms. The van der Waals surface area contributed by atoms with Crippen LogP contribution in [-0.4, -0.2) is 29.8 Å². The number of aliphatic hydroxyl groups excluding tert-OH is 1. The summed E-state index contributed by atoms with van der Waals surface area (Å²) >= 11 is 0. The van der Waals surface area contributed by atoms with Crippen LogP contribution in [0.15, 0.2) is 54.6 Å². The first-order chi connectivity index (χ1) is 11.0. The van der Waals surface area contributed by atoms with Crippen molar-refractivity contribution in [3.63, 3.8) is 0 Å². The molecule has 2 aromatic rings. The van der Waals surface area contributed by atoms with Gasteiger partial charge in [0.05, 0.1) is 6.10 Å². The third-order valence-corrected chi connectivity index (χ3v) is 3.30. The predicted molar refractivity (Wildman–Crippen MR) is 85.7 cm³/mol. The summed E-state index contributed by atoms with van der Waals surface area (Å²) < 4.78 is 18.4. The van der Waals surface area contributed by atoms with E-state index >= 15 is 0 Å². The van der Waals surface area contributed by atoms with Gasteiger partial charge >= 0.3 is 0 Å². The fraction of sp³-hybridized carbons (Fsp3) is 0.278. The van der Waals surface area contributed by atoms with Gasteiger partial charge in [0, 0.05) is 19.0 Å². The van der Waals surface area contributed by atoms with Crippen LogP contribution in [0.1, 0.15) is 12.5 Å². The van der Waals surface area contributed by atoms with Crippen LogP contribution in [0, 0.1) is 5.82 Å². The molecule has 0 aliphatic carbocycles. The number of hydrogen-bond acceptors (Lipinski definition) is 3. The highest BCUT2D eigenvalue weighted by atomic mass is 19.1. The van der Waals surface area contributed by atoms with Gasteiger partial charge < -0.3 is 15.2 Å². The minimum Gasteiger partial charge on any atom is -0.481 e. The minimum atomic E-state index is -0.777. The lowest BCUT2D eigenvalue weighted by atomic mass is 10.1. The number of carbonyl (C=O) groups excluding carboxylic acids is 1. The second kappa shape index (κ2) is 8.29. The van der Waals surface area contributed by atoms with E-state index in [4.69, 9.17) is 4.74 Å². The highest BCUT2D eigenvalue weighted by Gasteiger charge is 2.16. The maximum absolute atomic E-state index is 13.1. The molecule has 2 N–H and O–H groups in total. The maximum atomic E-state index is 13.1. The zero-order valence-corrected chi connectivity index (χ0v) is 12.9. The molecule has 0 aliphatic heterocycles. The fourth-order valence-corrected chi connectivity index (χ4v) is 2.12. The standard InChI is InChI=1S/C18H20FNO3/c1-13(23-17-9-5-8-15(19)11-17)18(22)20-12-16(21)10-14-6-3-2-4-7-14/h2-9,11,13,16,21H,10,12H2,1H3,(H,20,22)/t13-,16-/m1/s1. The summed E-state index contributed by atoms with van der Waals surface area (Å²) in [5.74, 6) is -0.493. The number of aliphatic hydroxyl groups is 1. The molecule has 2 rings (SSSR count). The molecule has 0 spiro atoms. The first-order valence-corrected chi connectivity index (χ1v) is 7.46. The Morgan fingerprint density at radius 1 is 1.22 bits per heavy atom. The zero-order chi connectivity index (χ0) is 16.7. The van der Waals surface area contributed by atoms with Crippen molar-refractivity contribution in [3.8, 4) is 5.75 Å². The second-order valence-electron chi connectivity index (χ2n) is 5.31. The predicted octanol–water partition coefficient (Wildman–Crippen LogP) is 2.31. The molecule has 0 unspecified atom stereocenters. The molecular formula is C18H20FNO3. The smallest absolute Gasteiger partial charge is 0.260 e. The van der Waals surface area contributed by atoms with Crippen LogP contribution in [0.25, 0.3) is 0 Å². The quantitative estimate of drug-likeness (QED) is 0.824. The van der Waals surface area contributed by atoms with E-state index in [0.29, 0.717) is 6.42 Å². The highest BCUT2D eigenvalue weighted by Crippen LogP contribution is 2.13. The summed E-state index contributed by atoms with van der Waals surface area (Å²) in [4.78, 5) is 11.9. The van der Waals surface area contributed by atoms with Crippen LogP contribution in [0.5, 0.6) is 5.75 Å². The number of nitrogens with one attached hydrogen (secondary N) is 1. The SMILES string of the molecule is C[C@@H](Oc1cccc(F)c1)C(=O)NC[C@H](O)Cc1ccccc1. The Morgan fingerprint density at radius 3 is 2.65 bits per heavy atom. The van der Waals surface area contributed by atoms with E-state index in [2.05, 4.69) is 5.32 Å². The summed E-state index contributed by atoms with van der Waals surface area (Å²) in [5.41, 5.74) is 0.998. The van der Waals surface area contributed by atoms with Crippen molar-refractivity contribution in [1.29, 1.82) is 0 Å². The summed E-state index contributed by atoms with van der Waals surface area (Å²) in [5, 5.41) is 12.6. The minimum absolute atomic E-state index is 0.130. The molecule has 0 heterocycles. The Hall–Kier alpha value is -2.40. The Kier molecular flexibility index (Phi) is 6.11. The number of hydrogen-bond donors (Lipinski definition) is 2. The van der Waals surface area contributed by atoms with Gasteiger partial charge in [0.2, 0.25) is 0 Å². The topological polar surface area (TPSA) is 58.6 Å². The lowest BCUT2D eigenvalue weighted by Crippen LogP contribution is -2.40. The first kappa shape index (κ1) is 17.0. The Morgan fingerprint density at radius 2 is 1.96 bits per heavy atom. The monoisotopic (exact) mass is 317 g/mol. The Balaban J connectivity index is 1.77. The molecule has 0 saturated heterocycles. The number of carbonyl (C=O) groups is 1. The van der Waals surface area contributed by atoms with Crippen molar-refractivity contribution in [2.24, 2.45) is 0 Å². The van der Waals surface area contributed by atoms with E-state index in [1.54, 1.807) is 13.0 Å². The molecule has 0 aliphatic rings. The lowest BCUT2D eigenvalue weighted by Gasteiger charge is -2.17. The van der Waals surface area contributed by atoms with Gasteiger partial charge in [-0.15, -0.1) is 0 Å². The number of ether oxygens (including phenoxy) is 1. The van der Waals surface area contributed by atoms with Crippen LogP contribution in [-0.2, 0) is 11.2 Å². The second-order valence-corrected chi connectivity index (χ2v) is 5.31. The molecule has 0 fully saturated rings. The molecule has 0 aromatic heterocycles. The maximum Gasteiger partial charge on any atom is 0.260 e. The van der Waals surface area contributed by atoms with Crippen molar-refractivity contribution < 1.29 is 19.0 Å². The molecular weight excluding hydrogens is 297 g/mol. The third-order valence-electron chi connectivity index (χ3n) is 3.30. The Bertz CT molecular complexity index is 633. The number of amides is 1. The normalized spacial score (nSPS) is 13.2. The van der Waals surface area contributed by atoms with E-state index in [1.807, 2.05) is 30.3 Å². The van der Waals surface area contributed by atoms with Crippen molar-refractivity contribution in [3.05, 3.63) is 66.0 Å². The van der Waals surface area contributed by atoms with E-state index in [0.717, 1.165) is 5.56 Å². The van der Waals surface area contributed by atoms with Gasteiger partial charge in [0.1, 0.15) is 11.6 Å². The molecule has 5 heteroatoms. The molecule has 0 bridgehead atoms. The van der Waals surface area contributed by atoms with Gasteiger partial charge in [-0.25, -0.2) is 4.39 Å². The van der Waals surface area contributed by atoms with Gasteiger partial charge in [-0.1, -0.05) is 36.4 Å². The third kappa shape index (κ3) is 5.71. The highest BCUT2D eigenvalue weighted by molar-refractivity contribution is 5.80. The van der Waals surface area contributed by atoms with Crippen molar-refractivity contribution in [2.75, 3.05) is 6.54 Å². The van der Waals surface area contributed by atoms with Crippen molar-refractivity contribution in [2.45, 2.75) is 25.6 Å². The molecule has 2 aromatic carbocycles. The van der Waals surface area contributed by atoms with Gasteiger partial charge in [-0.2, -0.15) is 0 Å².